The minimum absolute atomic E-state index is 0.0465. The maximum Gasteiger partial charge on any atom is 0.294 e. The number of hydrogen-bond donors (Lipinski definition) is 2. The number of ether oxygens (including phenoxy) is 1. The van der Waals surface area contributed by atoms with E-state index < -0.39 is 16.7 Å². The summed E-state index contributed by atoms with van der Waals surface area (Å²) in [6.07, 6.45) is 0.0465. The van der Waals surface area contributed by atoms with Crippen LogP contribution in [0.1, 0.15) is 13.3 Å². The zero-order valence-corrected chi connectivity index (χ0v) is 15.3. The van der Waals surface area contributed by atoms with Gasteiger partial charge in [-0.25, -0.2) is 0 Å². The molecule has 1 aliphatic heterocycles. The normalized spacial score (nSPS) is 16.0. The molecule has 0 aliphatic carbocycles. The Bertz CT molecular complexity index is 901. The van der Waals surface area contributed by atoms with Gasteiger partial charge < -0.3 is 9.64 Å². The van der Waals surface area contributed by atoms with Crippen molar-refractivity contribution in [3.8, 4) is 5.75 Å². The van der Waals surface area contributed by atoms with E-state index in [2.05, 4.69) is 10.9 Å². The first-order valence-corrected chi connectivity index (χ1v) is 8.82. The number of nitrogens with one attached hydrogen (secondary N) is 2. The SMILES string of the molecule is CCOc1ccccc1N1C[C@H](C(=O)NNc2ccccc2[N+](=O)[O-])CC1=O. The maximum atomic E-state index is 12.5. The van der Waals surface area contributed by atoms with Crippen molar-refractivity contribution in [2.45, 2.75) is 13.3 Å². The van der Waals surface area contributed by atoms with E-state index in [0.717, 1.165) is 0 Å². The van der Waals surface area contributed by atoms with Crippen molar-refractivity contribution >= 4 is 28.9 Å². The predicted octanol–water partition coefficient (Wildman–Crippen LogP) is 2.49. The van der Waals surface area contributed by atoms with Crippen LogP contribution in [0.4, 0.5) is 17.1 Å². The number of anilines is 2. The molecule has 1 aliphatic rings. The smallest absolute Gasteiger partial charge is 0.294 e. The zero-order chi connectivity index (χ0) is 20.1. The number of benzene rings is 2. The summed E-state index contributed by atoms with van der Waals surface area (Å²) in [7, 11) is 0. The molecule has 0 aromatic heterocycles. The first-order chi connectivity index (χ1) is 13.5. The summed E-state index contributed by atoms with van der Waals surface area (Å²) in [6, 6.07) is 13.1. The molecule has 2 aromatic carbocycles. The van der Waals surface area contributed by atoms with E-state index >= 15 is 0 Å². The van der Waals surface area contributed by atoms with Gasteiger partial charge in [-0.3, -0.25) is 30.6 Å². The summed E-state index contributed by atoms with van der Waals surface area (Å²) >= 11 is 0. The Morgan fingerprint density at radius 1 is 1.25 bits per heavy atom. The molecule has 0 saturated carbocycles. The summed E-state index contributed by atoms with van der Waals surface area (Å²) in [5, 5.41) is 11.0. The van der Waals surface area contributed by atoms with E-state index in [9.17, 15) is 19.7 Å². The summed E-state index contributed by atoms with van der Waals surface area (Å²) in [5.74, 6) is -0.601. The quantitative estimate of drug-likeness (QED) is 0.560. The average molecular weight is 384 g/mol. The summed E-state index contributed by atoms with van der Waals surface area (Å²) in [6.45, 7) is 2.52. The van der Waals surface area contributed by atoms with E-state index in [1.165, 1.54) is 23.1 Å². The fraction of sp³-hybridized carbons (Fsp3) is 0.263. The average Bonchev–Trinajstić information content (AvgIpc) is 3.08. The van der Waals surface area contributed by atoms with Crippen LogP contribution in [0.3, 0.4) is 0 Å². The number of nitrogens with zero attached hydrogens (tertiary/aromatic N) is 2. The number of hydrazine groups is 1. The van der Waals surface area contributed by atoms with Gasteiger partial charge in [0.15, 0.2) is 0 Å². The molecular weight excluding hydrogens is 364 g/mol. The fourth-order valence-corrected chi connectivity index (χ4v) is 3.04. The van der Waals surface area contributed by atoms with E-state index in [4.69, 9.17) is 4.74 Å². The van der Waals surface area contributed by atoms with Crippen LogP contribution in [0.5, 0.6) is 5.75 Å². The van der Waals surface area contributed by atoms with Gasteiger partial charge in [0, 0.05) is 19.0 Å². The second kappa shape index (κ2) is 8.38. The molecule has 1 fully saturated rings. The van der Waals surface area contributed by atoms with Gasteiger partial charge in [-0.05, 0) is 25.1 Å². The zero-order valence-electron chi connectivity index (χ0n) is 15.3. The first-order valence-electron chi connectivity index (χ1n) is 8.82. The third-order valence-corrected chi connectivity index (χ3v) is 4.37. The molecule has 9 nitrogen and oxygen atoms in total. The van der Waals surface area contributed by atoms with Crippen LogP contribution in [-0.2, 0) is 9.59 Å². The molecule has 0 spiro atoms. The highest BCUT2D eigenvalue weighted by molar-refractivity contribution is 6.01. The van der Waals surface area contributed by atoms with Crippen molar-refractivity contribution in [1.29, 1.82) is 0 Å². The van der Waals surface area contributed by atoms with Gasteiger partial charge in [0.05, 0.1) is 23.1 Å². The Labute approximate surface area is 161 Å². The van der Waals surface area contributed by atoms with Crippen LogP contribution in [-0.4, -0.2) is 29.9 Å². The number of carbonyl (C=O) groups is 2. The lowest BCUT2D eigenvalue weighted by atomic mass is 10.1. The number of amides is 2. The van der Waals surface area contributed by atoms with Crippen LogP contribution in [0.2, 0.25) is 0 Å². The monoisotopic (exact) mass is 384 g/mol. The maximum absolute atomic E-state index is 12.5. The molecule has 28 heavy (non-hydrogen) atoms. The summed E-state index contributed by atoms with van der Waals surface area (Å²) < 4.78 is 5.56. The Morgan fingerprint density at radius 2 is 1.96 bits per heavy atom. The lowest BCUT2D eigenvalue weighted by Gasteiger charge is -2.20. The van der Waals surface area contributed by atoms with Crippen molar-refractivity contribution < 1.29 is 19.2 Å². The third-order valence-electron chi connectivity index (χ3n) is 4.37. The van der Waals surface area contributed by atoms with Crippen molar-refractivity contribution in [3.63, 3.8) is 0 Å². The number of hydrogen-bond acceptors (Lipinski definition) is 6. The molecule has 0 bridgehead atoms. The van der Waals surface area contributed by atoms with Crippen molar-refractivity contribution in [3.05, 3.63) is 58.6 Å². The summed E-state index contributed by atoms with van der Waals surface area (Å²) in [4.78, 5) is 37.0. The molecule has 2 N–H and O–H groups in total. The minimum atomic E-state index is -0.586. The number of carbonyl (C=O) groups excluding carboxylic acids is 2. The van der Waals surface area contributed by atoms with Gasteiger partial charge in [-0.15, -0.1) is 0 Å². The second-order valence-electron chi connectivity index (χ2n) is 6.19. The van der Waals surface area contributed by atoms with Gasteiger partial charge >= 0.3 is 0 Å². The summed E-state index contributed by atoms with van der Waals surface area (Å²) in [5.41, 5.74) is 5.68. The molecule has 1 saturated heterocycles. The Balaban J connectivity index is 1.67. The minimum Gasteiger partial charge on any atom is -0.492 e. The highest BCUT2D eigenvalue weighted by Gasteiger charge is 2.36. The van der Waals surface area contributed by atoms with Gasteiger partial charge in [-0.2, -0.15) is 0 Å². The van der Waals surface area contributed by atoms with Gasteiger partial charge in [0.25, 0.3) is 5.69 Å². The Morgan fingerprint density at radius 3 is 2.71 bits per heavy atom. The van der Waals surface area contributed by atoms with E-state index in [-0.39, 0.29) is 30.2 Å². The molecule has 1 heterocycles. The van der Waals surface area contributed by atoms with Crippen LogP contribution in [0.15, 0.2) is 48.5 Å². The number of nitro groups is 1. The predicted molar refractivity (Wildman–Crippen MR) is 103 cm³/mol. The molecule has 146 valence electrons. The third kappa shape index (κ3) is 4.03. The highest BCUT2D eigenvalue weighted by Crippen LogP contribution is 2.33. The van der Waals surface area contributed by atoms with E-state index in [1.807, 2.05) is 13.0 Å². The Kier molecular flexibility index (Phi) is 5.73. The number of rotatable bonds is 7. The lowest BCUT2D eigenvalue weighted by molar-refractivity contribution is -0.384. The van der Waals surface area contributed by atoms with Crippen molar-refractivity contribution in [2.75, 3.05) is 23.5 Å². The molecule has 3 rings (SSSR count). The molecular formula is C19H20N4O5. The van der Waals surface area contributed by atoms with Gasteiger partial charge in [0.1, 0.15) is 11.4 Å². The van der Waals surface area contributed by atoms with Crippen molar-refractivity contribution in [1.82, 2.24) is 5.43 Å². The van der Waals surface area contributed by atoms with Gasteiger partial charge in [0.2, 0.25) is 11.8 Å². The van der Waals surface area contributed by atoms with Gasteiger partial charge in [-0.1, -0.05) is 24.3 Å². The second-order valence-corrected chi connectivity index (χ2v) is 6.19. The van der Waals surface area contributed by atoms with Crippen LogP contribution >= 0.6 is 0 Å². The molecule has 1 atom stereocenters. The van der Waals surface area contributed by atoms with Crippen molar-refractivity contribution in [2.24, 2.45) is 5.92 Å². The molecule has 0 unspecified atom stereocenters. The van der Waals surface area contributed by atoms with Crippen LogP contribution in [0, 0.1) is 16.0 Å². The van der Waals surface area contributed by atoms with Crippen LogP contribution < -0.4 is 20.5 Å². The topological polar surface area (TPSA) is 114 Å². The first kappa shape index (κ1) is 19.2. The number of nitro benzene ring substituents is 1. The number of para-hydroxylation sites is 4. The lowest BCUT2D eigenvalue weighted by Crippen LogP contribution is -2.36. The largest absolute Gasteiger partial charge is 0.492 e. The molecule has 2 amide bonds. The standard InChI is InChI=1S/C19H20N4O5/c1-2-28-17-10-6-5-9-16(17)22-12-13(11-18(22)24)19(25)21-20-14-7-3-4-8-15(14)23(26)27/h3-10,13,20H,2,11-12H2,1H3,(H,21,25)/t13-/m1/s1. The van der Waals surface area contributed by atoms with Crippen LogP contribution in [0.25, 0.3) is 0 Å². The highest BCUT2D eigenvalue weighted by atomic mass is 16.6. The van der Waals surface area contributed by atoms with E-state index in [0.29, 0.717) is 18.0 Å². The molecule has 9 heteroatoms. The Hall–Kier alpha value is -3.62. The van der Waals surface area contributed by atoms with E-state index in [1.54, 1.807) is 24.3 Å². The molecule has 0 radical (unpaired) electrons. The molecule has 2 aromatic rings. The fourth-order valence-electron chi connectivity index (χ4n) is 3.04.